The Bertz CT molecular complexity index is 335. The van der Waals surface area contributed by atoms with E-state index in [9.17, 15) is 4.39 Å². The SMILES string of the molecule is CC(CN)C1CCc2cccc(F)c21. The van der Waals surface area contributed by atoms with E-state index in [0.717, 1.165) is 18.4 Å². The summed E-state index contributed by atoms with van der Waals surface area (Å²) in [5, 5.41) is 0. The van der Waals surface area contributed by atoms with Crippen LogP contribution in [-0.4, -0.2) is 6.54 Å². The van der Waals surface area contributed by atoms with Crippen LogP contribution in [0.25, 0.3) is 0 Å². The summed E-state index contributed by atoms with van der Waals surface area (Å²) in [5.74, 6) is 0.662. The molecule has 0 saturated carbocycles. The van der Waals surface area contributed by atoms with Gasteiger partial charge in [0.1, 0.15) is 5.82 Å². The summed E-state index contributed by atoms with van der Waals surface area (Å²) >= 11 is 0. The van der Waals surface area contributed by atoms with Crippen LogP contribution in [0.2, 0.25) is 0 Å². The van der Waals surface area contributed by atoms with E-state index in [-0.39, 0.29) is 5.82 Å². The molecule has 1 aromatic carbocycles. The lowest BCUT2D eigenvalue weighted by Crippen LogP contribution is -2.18. The molecule has 0 aromatic heterocycles. The Morgan fingerprint density at radius 2 is 2.36 bits per heavy atom. The summed E-state index contributed by atoms with van der Waals surface area (Å²) in [4.78, 5) is 0. The Labute approximate surface area is 84.1 Å². The van der Waals surface area contributed by atoms with Crippen molar-refractivity contribution in [1.29, 1.82) is 0 Å². The first kappa shape index (κ1) is 9.66. The van der Waals surface area contributed by atoms with E-state index < -0.39 is 0 Å². The molecule has 1 aliphatic rings. The van der Waals surface area contributed by atoms with Crippen molar-refractivity contribution in [3.63, 3.8) is 0 Å². The average molecular weight is 193 g/mol. The van der Waals surface area contributed by atoms with Crippen LogP contribution in [0, 0.1) is 11.7 Å². The highest BCUT2D eigenvalue weighted by molar-refractivity contribution is 5.36. The average Bonchev–Trinajstić information content (AvgIpc) is 2.62. The number of halogens is 1. The van der Waals surface area contributed by atoms with E-state index in [1.165, 1.54) is 5.56 Å². The molecular formula is C12H16FN. The summed E-state index contributed by atoms with van der Waals surface area (Å²) in [6.45, 7) is 2.74. The molecule has 1 aromatic rings. The highest BCUT2D eigenvalue weighted by Gasteiger charge is 2.28. The fourth-order valence-corrected chi connectivity index (χ4v) is 2.40. The minimum absolute atomic E-state index is 0.0506. The number of aryl methyl sites for hydroxylation is 1. The van der Waals surface area contributed by atoms with Crippen molar-refractivity contribution in [1.82, 2.24) is 0 Å². The number of hydrogen-bond donors (Lipinski definition) is 1. The second-order valence-electron chi connectivity index (χ2n) is 4.17. The van der Waals surface area contributed by atoms with E-state index in [0.29, 0.717) is 18.4 Å². The van der Waals surface area contributed by atoms with Gasteiger partial charge in [0.05, 0.1) is 0 Å². The summed E-state index contributed by atoms with van der Waals surface area (Å²) < 4.78 is 13.6. The monoisotopic (exact) mass is 193 g/mol. The smallest absolute Gasteiger partial charge is 0.126 e. The Balaban J connectivity index is 2.38. The summed E-state index contributed by atoms with van der Waals surface area (Å²) in [5.41, 5.74) is 7.73. The lowest BCUT2D eigenvalue weighted by Gasteiger charge is -2.18. The third-order valence-corrected chi connectivity index (χ3v) is 3.30. The van der Waals surface area contributed by atoms with Crippen LogP contribution in [0.3, 0.4) is 0 Å². The van der Waals surface area contributed by atoms with Crippen molar-refractivity contribution in [2.75, 3.05) is 6.54 Å². The maximum Gasteiger partial charge on any atom is 0.126 e. The summed E-state index contributed by atoms with van der Waals surface area (Å²) in [6.07, 6.45) is 2.05. The molecule has 76 valence electrons. The summed E-state index contributed by atoms with van der Waals surface area (Å²) in [7, 11) is 0. The zero-order valence-electron chi connectivity index (χ0n) is 8.46. The van der Waals surface area contributed by atoms with Crippen molar-refractivity contribution >= 4 is 0 Å². The normalized spacial score (nSPS) is 22.1. The maximum atomic E-state index is 13.6. The van der Waals surface area contributed by atoms with Crippen molar-refractivity contribution in [2.24, 2.45) is 11.7 Å². The van der Waals surface area contributed by atoms with Crippen LogP contribution in [0.1, 0.15) is 30.4 Å². The molecular weight excluding hydrogens is 177 g/mol. The van der Waals surface area contributed by atoms with Crippen molar-refractivity contribution in [2.45, 2.75) is 25.7 Å². The molecule has 0 spiro atoms. The van der Waals surface area contributed by atoms with Gasteiger partial charge in [0.2, 0.25) is 0 Å². The topological polar surface area (TPSA) is 26.0 Å². The minimum atomic E-state index is -0.0506. The third-order valence-electron chi connectivity index (χ3n) is 3.30. The van der Waals surface area contributed by atoms with Gasteiger partial charge in [0, 0.05) is 0 Å². The van der Waals surface area contributed by atoms with Gasteiger partial charge < -0.3 is 5.73 Å². The Kier molecular flexibility index (Phi) is 2.55. The quantitative estimate of drug-likeness (QED) is 0.767. The first-order valence-electron chi connectivity index (χ1n) is 5.21. The predicted octanol–water partition coefficient (Wildman–Crippen LogP) is 2.45. The molecule has 2 rings (SSSR count). The van der Waals surface area contributed by atoms with Gasteiger partial charge in [0.25, 0.3) is 0 Å². The molecule has 0 aliphatic heterocycles. The molecule has 1 aliphatic carbocycles. The molecule has 1 nitrogen and oxygen atoms in total. The fourth-order valence-electron chi connectivity index (χ4n) is 2.40. The number of rotatable bonds is 2. The molecule has 0 heterocycles. The Morgan fingerprint density at radius 3 is 3.07 bits per heavy atom. The molecule has 0 fully saturated rings. The van der Waals surface area contributed by atoms with Crippen LogP contribution in [0.15, 0.2) is 18.2 Å². The molecule has 2 heteroatoms. The zero-order chi connectivity index (χ0) is 10.1. The van der Waals surface area contributed by atoms with E-state index in [1.54, 1.807) is 12.1 Å². The molecule has 0 bridgehead atoms. The fraction of sp³-hybridized carbons (Fsp3) is 0.500. The van der Waals surface area contributed by atoms with E-state index in [2.05, 4.69) is 6.92 Å². The molecule has 2 atom stereocenters. The third kappa shape index (κ3) is 1.44. The van der Waals surface area contributed by atoms with Gasteiger partial charge in [0.15, 0.2) is 0 Å². The Morgan fingerprint density at radius 1 is 1.57 bits per heavy atom. The van der Waals surface area contributed by atoms with Crippen LogP contribution in [0.5, 0.6) is 0 Å². The molecule has 2 N–H and O–H groups in total. The van der Waals surface area contributed by atoms with Gasteiger partial charge in [-0.15, -0.1) is 0 Å². The van der Waals surface area contributed by atoms with Crippen LogP contribution < -0.4 is 5.73 Å². The van der Waals surface area contributed by atoms with Crippen LogP contribution >= 0.6 is 0 Å². The van der Waals surface area contributed by atoms with Gasteiger partial charge in [-0.2, -0.15) is 0 Å². The van der Waals surface area contributed by atoms with Crippen LogP contribution in [0.4, 0.5) is 4.39 Å². The van der Waals surface area contributed by atoms with Crippen molar-refractivity contribution in [3.8, 4) is 0 Å². The second-order valence-corrected chi connectivity index (χ2v) is 4.17. The number of fused-ring (bicyclic) bond motifs is 1. The van der Waals surface area contributed by atoms with Gasteiger partial charge in [-0.1, -0.05) is 19.1 Å². The first-order valence-corrected chi connectivity index (χ1v) is 5.21. The van der Waals surface area contributed by atoms with Gasteiger partial charge in [-0.05, 0) is 48.4 Å². The number of nitrogens with two attached hydrogens (primary N) is 1. The van der Waals surface area contributed by atoms with Crippen molar-refractivity contribution in [3.05, 3.63) is 35.1 Å². The zero-order valence-corrected chi connectivity index (χ0v) is 8.46. The van der Waals surface area contributed by atoms with E-state index in [4.69, 9.17) is 5.73 Å². The van der Waals surface area contributed by atoms with Crippen LogP contribution in [-0.2, 0) is 6.42 Å². The second kappa shape index (κ2) is 3.70. The Hall–Kier alpha value is -0.890. The van der Waals surface area contributed by atoms with E-state index >= 15 is 0 Å². The lowest BCUT2D eigenvalue weighted by molar-refractivity contribution is 0.450. The van der Waals surface area contributed by atoms with Crippen molar-refractivity contribution < 1.29 is 4.39 Å². The molecule has 0 saturated heterocycles. The highest BCUT2D eigenvalue weighted by atomic mass is 19.1. The standard InChI is InChI=1S/C12H16FN/c1-8(7-14)10-6-5-9-3-2-4-11(13)12(9)10/h2-4,8,10H,5-7,14H2,1H3. The number of benzene rings is 1. The maximum absolute atomic E-state index is 13.6. The van der Waals surface area contributed by atoms with Gasteiger partial charge in [-0.25, -0.2) is 4.39 Å². The molecule has 0 radical (unpaired) electrons. The first-order chi connectivity index (χ1) is 6.74. The molecule has 14 heavy (non-hydrogen) atoms. The summed E-state index contributed by atoms with van der Waals surface area (Å²) in [6, 6.07) is 5.38. The lowest BCUT2D eigenvalue weighted by atomic mass is 9.88. The number of hydrogen-bond acceptors (Lipinski definition) is 1. The van der Waals surface area contributed by atoms with Gasteiger partial charge in [-0.3, -0.25) is 0 Å². The van der Waals surface area contributed by atoms with E-state index in [1.807, 2.05) is 6.07 Å². The predicted molar refractivity (Wildman–Crippen MR) is 55.7 cm³/mol. The molecule has 2 unspecified atom stereocenters. The highest BCUT2D eigenvalue weighted by Crippen LogP contribution is 2.39. The minimum Gasteiger partial charge on any atom is -0.330 e. The molecule has 0 amide bonds. The largest absolute Gasteiger partial charge is 0.330 e. The van der Waals surface area contributed by atoms with Gasteiger partial charge >= 0.3 is 0 Å².